The van der Waals surface area contributed by atoms with Gasteiger partial charge in [0.25, 0.3) is 5.91 Å². The molecule has 6 nitrogen and oxygen atoms in total. The molecule has 0 unspecified atom stereocenters. The van der Waals surface area contributed by atoms with Crippen LogP contribution in [0.15, 0.2) is 41.3 Å². The molecule has 0 aliphatic carbocycles. The normalized spacial score (nSPS) is 17.4. The zero-order chi connectivity index (χ0) is 27.3. The summed E-state index contributed by atoms with van der Waals surface area (Å²) >= 11 is 0.954. The number of benzene rings is 2. The Labute approximate surface area is 225 Å². The first kappa shape index (κ1) is 27.9. The van der Waals surface area contributed by atoms with Crippen molar-refractivity contribution in [3.05, 3.63) is 46.8 Å². The van der Waals surface area contributed by atoms with Crippen LogP contribution in [0.5, 0.6) is 5.75 Å². The third-order valence-electron chi connectivity index (χ3n) is 5.90. The number of methoxy groups -OCH3 is 1. The van der Waals surface area contributed by atoms with Crippen molar-refractivity contribution in [2.24, 2.45) is 0 Å². The van der Waals surface area contributed by atoms with Gasteiger partial charge in [0.15, 0.2) is 0 Å². The molecular formula is C26H26F4N4O2S2. The van der Waals surface area contributed by atoms with E-state index in [0.29, 0.717) is 45.7 Å². The van der Waals surface area contributed by atoms with Crippen LogP contribution >= 0.6 is 23.1 Å². The predicted molar refractivity (Wildman–Crippen MR) is 145 cm³/mol. The van der Waals surface area contributed by atoms with Gasteiger partial charge in [0.1, 0.15) is 11.9 Å². The fraction of sp³-hybridized carbons (Fsp3) is 0.346. The molecule has 2 atom stereocenters. The Hall–Kier alpha value is -3.14. The first-order valence-corrected chi connectivity index (χ1v) is 13.4. The summed E-state index contributed by atoms with van der Waals surface area (Å²) in [6, 6.07) is 9.50. The van der Waals surface area contributed by atoms with Crippen LogP contribution in [-0.2, 0) is 0 Å². The van der Waals surface area contributed by atoms with E-state index in [1.54, 1.807) is 36.4 Å². The van der Waals surface area contributed by atoms with E-state index in [2.05, 4.69) is 33.1 Å². The van der Waals surface area contributed by atoms with E-state index < -0.39 is 17.7 Å². The smallest absolute Gasteiger partial charge is 0.446 e. The molecule has 1 saturated heterocycles. The number of carbonyl (C=O) groups excluding carboxylic acids is 1. The third-order valence-corrected chi connectivity index (χ3v) is 8.04. The number of fused-ring (bicyclic) bond motifs is 1. The van der Waals surface area contributed by atoms with Crippen molar-refractivity contribution in [3.8, 4) is 17.6 Å². The summed E-state index contributed by atoms with van der Waals surface area (Å²) in [6.07, 6.45) is -0.533. The molecule has 3 aromatic rings. The van der Waals surface area contributed by atoms with Crippen LogP contribution in [0.1, 0.15) is 21.7 Å². The van der Waals surface area contributed by atoms with Gasteiger partial charge in [-0.3, -0.25) is 4.79 Å². The number of halogens is 4. The Balaban J connectivity index is 1.60. The largest absolute Gasteiger partial charge is 0.495 e. The minimum Gasteiger partial charge on any atom is -0.495 e. The Morgan fingerprint density at radius 2 is 2.08 bits per heavy atom. The summed E-state index contributed by atoms with van der Waals surface area (Å²) in [5.74, 6) is 5.94. The number of piperidine rings is 1. The number of nitrogens with one attached hydrogen (secondary N) is 4. The Bertz CT molecular complexity index is 1370. The lowest BCUT2D eigenvalue weighted by molar-refractivity contribution is -0.0327. The van der Waals surface area contributed by atoms with Gasteiger partial charge >= 0.3 is 5.51 Å². The molecular weight excluding hydrogens is 540 g/mol. The highest BCUT2D eigenvalue weighted by atomic mass is 32.2. The molecule has 2 aromatic carbocycles. The second kappa shape index (κ2) is 12.1. The molecule has 2 heterocycles. The maximum absolute atomic E-state index is 14.4. The van der Waals surface area contributed by atoms with Crippen LogP contribution in [-0.4, -0.2) is 57.4 Å². The van der Waals surface area contributed by atoms with Crippen molar-refractivity contribution in [3.63, 3.8) is 0 Å². The Kier molecular flexibility index (Phi) is 8.91. The number of ether oxygens (including phenoxy) is 1. The number of rotatable bonds is 7. The molecule has 1 fully saturated rings. The number of anilines is 2. The van der Waals surface area contributed by atoms with Crippen LogP contribution in [0.4, 0.5) is 28.9 Å². The van der Waals surface area contributed by atoms with Crippen molar-refractivity contribution in [1.29, 1.82) is 0 Å². The van der Waals surface area contributed by atoms with E-state index in [1.165, 1.54) is 14.2 Å². The lowest BCUT2D eigenvalue weighted by Gasteiger charge is -2.28. The maximum atomic E-state index is 14.4. The van der Waals surface area contributed by atoms with Crippen LogP contribution in [0.25, 0.3) is 10.1 Å². The van der Waals surface area contributed by atoms with E-state index in [-0.39, 0.29) is 40.5 Å². The van der Waals surface area contributed by atoms with E-state index >= 15 is 0 Å². The zero-order valence-electron chi connectivity index (χ0n) is 20.6. The van der Waals surface area contributed by atoms with Gasteiger partial charge in [0.2, 0.25) is 0 Å². The van der Waals surface area contributed by atoms with Gasteiger partial charge in [-0.1, -0.05) is 24.0 Å². The molecule has 0 radical (unpaired) electrons. The molecule has 1 amide bonds. The summed E-state index contributed by atoms with van der Waals surface area (Å²) in [5.41, 5.74) is -2.89. The van der Waals surface area contributed by atoms with Crippen molar-refractivity contribution in [1.82, 2.24) is 10.6 Å². The van der Waals surface area contributed by atoms with Crippen molar-refractivity contribution in [2.45, 2.75) is 29.0 Å². The highest BCUT2D eigenvalue weighted by Gasteiger charge is 2.33. The molecule has 0 saturated carbocycles. The van der Waals surface area contributed by atoms with Gasteiger partial charge < -0.3 is 26.0 Å². The SMILES string of the molecule is CNC(=O)c1ccc(NCC#Cc2sc3c(N[C@@H]4CCNC[C@@H]4F)cccc3c2SC(F)(F)F)c(OC)c1. The van der Waals surface area contributed by atoms with Crippen molar-refractivity contribution >= 4 is 50.5 Å². The number of amides is 1. The Morgan fingerprint density at radius 1 is 1.26 bits per heavy atom. The number of hydrogen-bond donors (Lipinski definition) is 4. The van der Waals surface area contributed by atoms with Gasteiger partial charge in [-0.25, -0.2) is 4.39 Å². The molecule has 202 valence electrons. The highest BCUT2D eigenvalue weighted by Crippen LogP contribution is 2.47. The molecule has 38 heavy (non-hydrogen) atoms. The topological polar surface area (TPSA) is 74.4 Å². The average molecular weight is 567 g/mol. The van der Waals surface area contributed by atoms with Crippen LogP contribution in [0.2, 0.25) is 0 Å². The summed E-state index contributed by atoms with van der Waals surface area (Å²) in [6.45, 7) is 1.02. The van der Waals surface area contributed by atoms with Crippen molar-refractivity contribution in [2.75, 3.05) is 44.4 Å². The fourth-order valence-corrected chi connectivity index (χ4v) is 6.10. The maximum Gasteiger partial charge on any atom is 0.446 e. The monoisotopic (exact) mass is 566 g/mol. The van der Waals surface area contributed by atoms with Crippen LogP contribution < -0.4 is 26.0 Å². The zero-order valence-corrected chi connectivity index (χ0v) is 22.2. The van der Waals surface area contributed by atoms with E-state index in [4.69, 9.17) is 4.74 Å². The molecule has 0 spiro atoms. The standard InChI is InChI=1S/C26H26F4N4O2S2/c1-31-25(35)15-8-9-19(21(13-15)36-2)33-11-4-7-22-24(38-26(28,29)30)16-5-3-6-20(23(16)37-22)34-18-10-12-32-14-17(18)27/h3,5-6,8-9,13,17-18,32-34H,10-12,14H2,1-2H3,(H,31,35)/t17-,18+/m0/s1. The summed E-state index contributed by atoms with van der Waals surface area (Å²) in [7, 11) is 3.00. The molecule has 1 aromatic heterocycles. The second-order valence-electron chi connectivity index (χ2n) is 8.40. The summed E-state index contributed by atoms with van der Waals surface area (Å²) in [5, 5.41) is 12.2. The third kappa shape index (κ3) is 6.64. The summed E-state index contributed by atoms with van der Waals surface area (Å²) in [4.78, 5) is 12.2. The molecule has 12 heteroatoms. The number of carbonyl (C=O) groups is 1. The van der Waals surface area contributed by atoms with Gasteiger partial charge in [-0.15, -0.1) is 11.3 Å². The molecule has 1 aliphatic heterocycles. The first-order valence-electron chi connectivity index (χ1n) is 11.8. The van der Waals surface area contributed by atoms with E-state index in [1.807, 2.05) is 0 Å². The van der Waals surface area contributed by atoms with Gasteiger partial charge in [0, 0.05) is 24.5 Å². The van der Waals surface area contributed by atoms with E-state index in [9.17, 15) is 22.4 Å². The lowest BCUT2D eigenvalue weighted by atomic mass is 10.0. The van der Waals surface area contributed by atoms with Crippen molar-refractivity contribution < 1.29 is 27.1 Å². The number of alkyl halides is 4. The average Bonchev–Trinajstić information content (AvgIpc) is 3.24. The molecule has 0 bridgehead atoms. The lowest BCUT2D eigenvalue weighted by Crippen LogP contribution is -2.45. The number of thiophene rings is 1. The first-order chi connectivity index (χ1) is 18.2. The number of thioether (sulfide) groups is 1. The van der Waals surface area contributed by atoms with Gasteiger partial charge in [-0.2, -0.15) is 13.2 Å². The fourth-order valence-electron chi connectivity index (χ4n) is 4.08. The molecule has 4 rings (SSSR count). The number of hydrogen-bond acceptors (Lipinski definition) is 7. The minimum absolute atomic E-state index is 0.0308. The molecule has 4 N–H and O–H groups in total. The van der Waals surface area contributed by atoms with Gasteiger partial charge in [0.05, 0.1) is 45.5 Å². The van der Waals surface area contributed by atoms with Gasteiger partial charge in [-0.05, 0) is 49.0 Å². The highest BCUT2D eigenvalue weighted by molar-refractivity contribution is 8.00. The minimum atomic E-state index is -4.49. The molecule has 1 aliphatic rings. The van der Waals surface area contributed by atoms with Crippen LogP contribution in [0, 0.1) is 11.8 Å². The Morgan fingerprint density at radius 3 is 2.79 bits per heavy atom. The van der Waals surface area contributed by atoms with E-state index in [0.717, 1.165) is 11.3 Å². The summed E-state index contributed by atoms with van der Waals surface area (Å²) < 4.78 is 60.7. The quantitative estimate of drug-likeness (QED) is 0.173. The predicted octanol–water partition coefficient (Wildman–Crippen LogP) is 5.46. The second-order valence-corrected chi connectivity index (χ2v) is 10.5. The van der Waals surface area contributed by atoms with Crippen LogP contribution in [0.3, 0.4) is 0 Å².